The third-order valence-electron chi connectivity index (χ3n) is 4.33. The number of halogens is 1. The third kappa shape index (κ3) is 6.20. The first-order valence-electron chi connectivity index (χ1n) is 9.27. The summed E-state index contributed by atoms with van der Waals surface area (Å²) in [6, 6.07) is 13.8. The number of nitrogens with zero attached hydrogens (tertiary/aromatic N) is 1. The van der Waals surface area contributed by atoms with Gasteiger partial charge in [0, 0.05) is 10.6 Å². The van der Waals surface area contributed by atoms with E-state index < -0.39 is 6.04 Å². The van der Waals surface area contributed by atoms with Crippen LogP contribution in [-0.2, 0) is 4.79 Å². The van der Waals surface area contributed by atoms with E-state index in [2.05, 4.69) is 29.7 Å². The van der Waals surface area contributed by atoms with Crippen LogP contribution in [0.4, 0.5) is 0 Å². The fourth-order valence-corrected chi connectivity index (χ4v) is 2.69. The van der Waals surface area contributed by atoms with Gasteiger partial charge in [0.05, 0.1) is 6.21 Å². The highest BCUT2D eigenvalue weighted by atomic mass is 35.5. The minimum Gasteiger partial charge on any atom is -0.340 e. The Morgan fingerprint density at radius 3 is 2.11 bits per heavy atom. The van der Waals surface area contributed by atoms with Gasteiger partial charge in [0.2, 0.25) is 0 Å². The van der Waals surface area contributed by atoms with Gasteiger partial charge in [0.15, 0.2) is 0 Å². The Labute approximate surface area is 171 Å². The molecule has 0 aliphatic rings. The molecule has 2 N–H and O–H groups in total. The van der Waals surface area contributed by atoms with Crippen LogP contribution in [0.1, 0.15) is 55.1 Å². The fourth-order valence-electron chi connectivity index (χ4n) is 2.57. The molecule has 0 aromatic heterocycles. The van der Waals surface area contributed by atoms with Crippen molar-refractivity contribution in [3.63, 3.8) is 0 Å². The van der Waals surface area contributed by atoms with Crippen LogP contribution in [-0.4, -0.2) is 24.1 Å². The molecule has 0 heterocycles. The van der Waals surface area contributed by atoms with Gasteiger partial charge in [-0.2, -0.15) is 5.10 Å². The lowest BCUT2D eigenvalue weighted by Crippen LogP contribution is -2.48. The van der Waals surface area contributed by atoms with E-state index in [1.807, 2.05) is 38.1 Å². The molecule has 1 atom stereocenters. The van der Waals surface area contributed by atoms with Gasteiger partial charge in [0.1, 0.15) is 6.04 Å². The number of hydrogen-bond donors (Lipinski definition) is 2. The van der Waals surface area contributed by atoms with Crippen molar-refractivity contribution in [3.8, 4) is 0 Å². The number of hydrazone groups is 1. The minimum atomic E-state index is -0.705. The summed E-state index contributed by atoms with van der Waals surface area (Å²) < 4.78 is 0. The van der Waals surface area contributed by atoms with E-state index in [1.165, 1.54) is 5.56 Å². The van der Waals surface area contributed by atoms with Crippen LogP contribution < -0.4 is 10.7 Å². The van der Waals surface area contributed by atoms with Gasteiger partial charge < -0.3 is 5.32 Å². The molecule has 0 saturated heterocycles. The van der Waals surface area contributed by atoms with Gasteiger partial charge in [-0.05, 0) is 47.2 Å². The fraction of sp³-hybridized carbons (Fsp3) is 0.318. The molecule has 2 aromatic carbocycles. The Kier molecular flexibility index (Phi) is 7.76. The second-order valence-corrected chi connectivity index (χ2v) is 7.69. The topological polar surface area (TPSA) is 70.6 Å². The molecule has 0 saturated carbocycles. The smallest absolute Gasteiger partial charge is 0.262 e. The summed E-state index contributed by atoms with van der Waals surface area (Å²) in [5.74, 6) is -0.343. The number of carbonyl (C=O) groups is 2. The molecular weight excluding hydrogens is 374 g/mol. The molecule has 0 radical (unpaired) electrons. The molecule has 2 amide bonds. The molecule has 0 aliphatic heterocycles. The zero-order valence-electron chi connectivity index (χ0n) is 16.6. The van der Waals surface area contributed by atoms with Gasteiger partial charge >= 0.3 is 0 Å². The molecule has 0 bridgehead atoms. The maximum Gasteiger partial charge on any atom is 0.262 e. The van der Waals surface area contributed by atoms with E-state index in [-0.39, 0.29) is 17.7 Å². The van der Waals surface area contributed by atoms with Crippen LogP contribution in [0.15, 0.2) is 53.6 Å². The molecule has 0 spiro atoms. The quantitative estimate of drug-likeness (QED) is 0.536. The van der Waals surface area contributed by atoms with Crippen molar-refractivity contribution in [2.75, 3.05) is 0 Å². The van der Waals surface area contributed by atoms with Crippen molar-refractivity contribution < 1.29 is 9.59 Å². The lowest BCUT2D eigenvalue weighted by atomic mass is 10.0. The van der Waals surface area contributed by atoms with Gasteiger partial charge in [-0.3, -0.25) is 9.59 Å². The number of nitrogens with one attached hydrogen (secondary N) is 2. The van der Waals surface area contributed by atoms with Crippen LogP contribution in [0.3, 0.4) is 0 Å². The number of rotatable bonds is 7. The first kappa shape index (κ1) is 21.6. The van der Waals surface area contributed by atoms with E-state index in [4.69, 9.17) is 11.6 Å². The highest BCUT2D eigenvalue weighted by molar-refractivity contribution is 6.30. The second-order valence-electron chi connectivity index (χ2n) is 7.26. The Balaban J connectivity index is 1.98. The summed E-state index contributed by atoms with van der Waals surface area (Å²) in [5, 5.41) is 7.32. The maximum atomic E-state index is 12.5. The Bertz CT molecular complexity index is 828. The lowest BCUT2D eigenvalue weighted by molar-refractivity contribution is -0.123. The average molecular weight is 400 g/mol. The summed E-state index contributed by atoms with van der Waals surface area (Å²) in [6.45, 7) is 7.99. The van der Waals surface area contributed by atoms with Crippen LogP contribution in [0.5, 0.6) is 0 Å². The van der Waals surface area contributed by atoms with Crippen LogP contribution >= 0.6 is 11.6 Å². The summed E-state index contributed by atoms with van der Waals surface area (Å²) in [4.78, 5) is 24.9. The molecule has 148 valence electrons. The SMILES string of the molecule is CC(C)c1ccc(C=NNC(=O)C(NC(=O)c2ccc(Cl)cc2)C(C)C)cc1. The average Bonchev–Trinajstić information content (AvgIpc) is 2.66. The minimum absolute atomic E-state index is 0.100. The first-order valence-corrected chi connectivity index (χ1v) is 9.65. The van der Waals surface area contributed by atoms with Gasteiger partial charge in [-0.1, -0.05) is 63.6 Å². The van der Waals surface area contributed by atoms with Crippen molar-refractivity contribution in [2.24, 2.45) is 11.0 Å². The molecule has 1 unspecified atom stereocenters. The Morgan fingerprint density at radius 2 is 1.57 bits per heavy atom. The predicted octanol–water partition coefficient (Wildman–Crippen LogP) is 4.37. The van der Waals surface area contributed by atoms with E-state index in [9.17, 15) is 9.59 Å². The van der Waals surface area contributed by atoms with Crippen molar-refractivity contribution in [3.05, 3.63) is 70.2 Å². The molecule has 2 rings (SSSR count). The number of carbonyl (C=O) groups excluding carboxylic acids is 2. The van der Waals surface area contributed by atoms with E-state index in [1.54, 1.807) is 30.5 Å². The lowest BCUT2D eigenvalue weighted by Gasteiger charge is -2.20. The summed E-state index contributed by atoms with van der Waals surface area (Å²) in [5.41, 5.74) is 5.08. The molecule has 0 aliphatic carbocycles. The zero-order valence-corrected chi connectivity index (χ0v) is 17.3. The van der Waals surface area contributed by atoms with E-state index in [0.717, 1.165) is 5.56 Å². The molecule has 6 heteroatoms. The first-order chi connectivity index (χ1) is 13.3. The summed E-state index contributed by atoms with van der Waals surface area (Å²) >= 11 is 5.84. The van der Waals surface area contributed by atoms with Crippen molar-refractivity contribution >= 4 is 29.6 Å². The number of benzene rings is 2. The Morgan fingerprint density at radius 1 is 0.964 bits per heavy atom. The van der Waals surface area contributed by atoms with E-state index in [0.29, 0.717) is 16.5 Å². The third-order valence-corrected chi connectivity index (χ3v) is 4.59. The van der Waals surface area contributed by atoms with Crippen molar-refractivity contribution in [1.82, 2.24) is 10.7 Å². The highest BCUT2D eigenvalue weighted by Crippen LogP contribution is 2.14. The largest absolute Gasteiger partial charge is 0.340 e. The number of amides is 2. The van der Waals surface area contributed by atoms with Crippen molar-refractivity contribution in [1.29, 1.82) is 0 Å². The van der Waals surface area contributed by atoms with Gasteiger partial charge in [-0.25, -0.2) is 5.43 Å². The predicted molar refractivity (Wildman–Crippen MR) is 114 cm³/mol. The molecule has 5 nitrogen and oxygen atoms in total. The zero-order chi connectivity index (χ0) is 20.7. The summed E-state index contributed by atoms with van der Waals surface area (Å²) in [7, 11) is 0. The van der Waals surface area contributed by atoms with Crippen LogP contribution in [0.2, 0.25) is 5.02 Å². The highest BCUT2D eigenvalue weighted by Gasteiger charge is 2.24. The van der Waals surface area contributed by atoms with Crippen LogP contribution in [0.25, 0.3) is 0 Å². The Hall–Kier alpha value is -2.66. The molecule has 28 heavy (non-hydrogen) atoms. The molecule has 0 fully saturated rings. The molecular formula is C22H26ClN3O2. The normalized spacial score (nSPS) is 12.4. The molecule has 2 aromatic rings. The maximum absolute atomic E-state index is 12.5. The second kappa shape index (κ2) is 10.0. The van der Waals surface area contributed by atoms with Gasteiger partial charge in [-0.15, -0.1) is 0 Å². The number of hydrogen-bond acceptors (Lipinski definition) is 3. The summed E-state index contributed by atoms with van der Waals surface area (Å²) in [6.07, 6.45) is 1.58. The van der Waals surface area contributed by atoms with Gasteiger partial charge in [0.25, 0.3) is 11.8 Å². The van der Waals surface area contributed by atoms with Crippen molar-refractivity contribution in [2.45, 2.75) is 39.7 Å². The standard InChI is InChI=1S/C22H26ClN3O2/c1-14(2)17-7-5-16(6-8-17)13-24-26-22(28)20(15(3)4)25-21(27)18-9-11-19(23)12-10-18/h5-15,20H,1-4H3,(H,25,27)(H,26,28). The van der Waals surface area contributed by atoms with Crippen LogP contribution in [0, 0.1) is 5.92 Å². The van der Waals surface area contributed by atoms with E-state index >= 15 is 0 Å². The monoisotopic (exact) mass is 399 g/mol.